The van der Waals surface area contributed by atoms with E-state index >= 15 is 0 Å². The highest BCUT2D eigenvalue weighted by Crippen LogP contribution is 2.17. The van der Waals surface area contributed by atoms with Crippen LogP contribution in [0.2, 0.25) is 0 Å². The maximum absolute atomic E-state index is 13.4. The van der Waals surface area contributed by atoms with Crippen LogP contribution in [0.4, 0.5) is 19.3 Å². The first-order valence-electron chi connectivity index (χ1n) is 7.06. The standard InChI is InChI=1S/C17H16F2N2O2/c1-11-5-7-12(8-6-11)15(22)9-10-20-17(23)21-16-13(18)3-2-4-14(16)19/h2-8H,9-10H2,1H3,(H2,20,21,23). The van der Waals surface area contributed by atoms with Gasteiger partial charge in [-0.25, -0.2) is 13.6 Å². The first kappa shape index (κ1) is 16.6. The molecule has 4 nitrogen and oxygen atoms in total. The van der Waals surface area contributed by atoms with Gasteiger partial charge in [0.15, 0.2) is 5.78 Å². The molecule has 2 aromatic carbocycles. The Hall–Kier alpha value is -2.76. The molecule has 0 saturated carbocycles. The van der Waals surface area contributed by atoms with Crippen LogP contribution in [0.1, 0.15) is 22.3 Å². The van der Waals surface area contributed by atoms with E-state index in [9.17, 15) is 18.4 Å². The minimum atomic E-state index is -0.865. The summed E-state index contributed by atoms with van der Waals surface area (Å²) in [6.45, 7) is 1.98. The van der Waals surface area contributed by atoms with E-state index in [1.807, 2.05) is 19.1 Å². The summed E-state index contributed by atoms with van der Waals surface area (Å²) < 4.78 is 26.8. The van der Waals surface area contributed by atoms with Gasteiger partial charge in [0.1, 0.15) is 17.3 Å². The van der Waals surface area contributed by atoms with Crippen LogP contribution in [-0.2, 0) is 0 Å². The number of benzene rings is 2. The first-order valence-corrected chi connectivity index (χ1v) is 7.06. The van der Waals surface area contributed by atoms with Crippen molar-refractivity contribution in [3.63, 3.8) is 0 Å². The highest BCUT2D eigenvalue weighted by atomic mass is 19.1. The normalized spacial score (nSPS) is 10.2. The Labute approximate surface area is 132 Å². The highest BCUT2D eigenvalue weighted by molar-refractivity contribution is 5.96. The molecule has 2 N–H and O–H groups in total. The molecular formula is C17H16F2N2O2. The summed E-state index contributed by atoms with van der Waals surface area (Å²) >= 11 is 0. The molecule has 0 spiro atoms. The lowest BCUT2D eigenvalue weighted by molar-refractivity contribution is 0.0983. The lowest BCUT2D eigenvalue weighted by Gasteiger charge is -2.09. The molecule has 0 atom stereocenters. The molecule has 0 aliphatic carbocycles. The molecule has 2 rings (SSSR count). The molecular weight excluding hydrogens is 302 g/mol. The molecule has 0 aliphatic heterocycles. The van der Waals surface area contributed by atoms with Gasteiger partial charge in [0.05, 0.1) is 0 Å². The molecule has 2 amide bonds. The number of halogens is 2. The third-order valence-electron chi connectivity index (χ3n) is 3.21. The smallest absolute Gasteiger partial charge is 0.319 e. The van der Waals surface area contributed by atoms with E-state index in [1.165, 1.54) is 6.07 Å². The van der Waals surface area contributed by atoms with Crippen LogP contribution in [0.3, 0.4) is 0 Å². The lowest BCUT2D eigenvalue weighted by Crippen LogP contribution is -2.31. The van der Waals surface area contributed by atoms with Crippen molar-refractivity contribution in [2.45, 2.75) is 13.3 Å². The minimum absolute atomic E-state index is 0.0641. The van der Waals surface area contributed by atoms with Crippen molar-refractivity contribution in [2.24, 2.45) is 0 Å². The van der Waals surface area contributed by atoms with Crippen molar-refractivity contribution < 1.29 is 18.4 Å². The van der Waals surface area contributed by atoms with Crippen molar-refractivity contribution in [1.29, 1.82) is 0 Å². The van der Waals surface area contributed by atoms with Crippen LogP contribution < -0.4 is 10.6 Å². The molecule has 6 heteroatoms. The predicted octanol–water partition coefficient (Wildman–Crippen LogP) is 3.67. The summed E-state index contributed by atoms with van der Waals surface area (Å²) in [7, 11) is 0. The number of urea groups is 1. The average molecular weight is 318 g/mol. The van der Waals surface area contributed by atoms with Crippen LogP contribution in [-0.4, -0.2) is 18.4 Å². The number of carbonyl (C=O) groups is 2. The SMILES string of the molecule is Cc1ccc(C(=O)CCNC(=O)Nc2c(F)cccc2F)cc1. The van der Waals surface area contributed by atoms with E-state index < -0.39 is 23.4 Å². The Morgan fingerprint density at radius 1 is 1.00 bits per heavy atom. The first-order chi connectivity index (χ1) is 11.0. The summed E-state index contributed by atoms with van der Waals surface area (Å²) in [5.41, 5.74) is 1.08. The van der Waals surface area contributed by atoms with Crippen LogP contribution in [0.25, 0.3) is 0 Å². The number of amides is 2. The number of hydrogen-bond acceptors (Lipinski definition) is 2. The van der Waals surface area contributed by atoms with E-state index in [1.54, 1.807) is 12.1 Å². The number of aryl methyl sites for hydroxylation is 1. The molecule has 0 heterocycles. The number of Topliss-reactive ketones (excluding diaryl/α,β-unsaturated/α-hetero) is 1. The highest BCUT2D eigenvalue weighted by Gasteiger charge is 2.12. The zero-order valence-corrected chi connectivity index (χ0v) is 12.5. The Bertz CT molecular complexity index is 695. The van der Waals surface area contributed by atoms with Gasteiger partial charge in [-0.1, -0.05) is 35.9 Å². The number of para-hydroxylation sites is 1. The van der Waals surface area contributed by atoms with Gasteiger partial charge >= 0.3 is 6.03 Å². The van der Waals surface area contributed by atoms with Crippen molar-refractivity contribution in [1.82, 2.24) is 5.32 Å². The van der Waals surface area contributed by atoms with Gasteiger partial charge in [-0.3, -0.25) is 4.79 Å². The second-order valence-corrected chi connectivity index (χ2v) is 5.02. The summed E-state index contributed by atoms with van der Waals surface area (Å²) in [5.74, 6) is -1.85. The van der Waals surface area contributed by atoms with E-state index in [-0.39, 0.29) is 18.7 Å². The van der Waals surface area contributed by atoms with Crippen molar-refractivity contribution >= 4 is 17.5 Å². The van der Waals surface area contributed by atoms with Crippen LogP contribution >= 0.6 is 0 Å². The van der Waals surface area contributed by atoms with E-state index in [0.29, 0.717) is 5.56 Å². The second kappa shape index (κ2) is 7.49. The Morgan fingerprint density at radius 3 is 2.22 bits per heavy atom. The zero-order chi connectivity index (χ0) is 16.8. The van der Waals surface area contributed by atoms with Gasteiger partial charge in [0.25, 0.3) is 0 Å². The Morgan fingerprint density at radius 2 is 1.61 bits per heavy atom. The van der Waals surface area contributed by atoms with Crippen LogP contribution in [0.15, 0.2) is 42.5 Å². The average Bonchev–Trinajstić information content (AvgIpc) is 2.51. The monoisotopic (exact) mass is 318 g/mol. The van der Waals surface area contributed by atoms with Gasteiger partial charge in [0.2, 0.25) is 0 Å². The quantitative estimate of drug-likeness (QED) is 0.827. The third-order valence-corrected chi connectivity index (χ3v) is 3.21. The topological polar surface area (TPSA) is 58.2 Å². The number of nitrogens with one attached hydrogen (secondary N) is 2. The van der Waals surface area contributed by atoms with E-state index in [4.69, 9.17) is 0 Å². The fourth-order valence-electron chi connectivity index (χ4n) is 1.95. The van der Waals surface area contributed by atoms with E-state index in [0.717, 1.165) is 17.7 Å². The number of anilines is 1. The summed E-state index contributed by atoms with van der Waals surface area (Å²) in [6, 6.07) is 9.60. The number of ketones is 1. The molecule has 23 heavy (non-hydrogen) atoms. The maximum Gasteiger partial charge on any atom is 0.319 e. The second-order valence-electron chi connectivity index (χ2n) is 5.02. The van der Waals surface area contributed by atoms with Gasteiger partial charge in [-0.2, -0.15) is 0 Å². The van der Waals surface area contributed by atoms with Gasteiger partial charge in [-0.15, -0.1) is 0 Å². The van der Waals surface area contributed by atoms with Crippen LogP contribution in [0, 0.1) is 18.6 Å². The zero-order valence-electron chi connectivity index (χ0n) is 12.5. The fraction of sp³-hybridized carbons (Fsp3) is 0.176. The number of hydrogen-bond donors (Lipinski definition) is 2. The summed E-state index contributed by atoms with van der Waals surface area (Å²) in [4.78, 5) is 23.5. The molecule has 0 fully saturated rings. The summed E-state index contributed by atoms with van der Waals surface area (Å²) in [5, 5.41) is 4.48. The summed E-state index contributed by atoms with van der Waals surface area (Å²) in [6.07, 6.45) is 0.0935. The Kier molecular flexibility index (Phi) is 5.41. The van der Waals surface area contributed by atoms with Crippen LogP contribution in [0.5, 0.6) is 0 Å². The van der Waals surface area contributed by atoms with Gasteiger partial charge < -0.3 is 10.6 Å². The van der Waals surface area contributed by atoms with E-state index in [2.05, 4.69) is 10.6 Å². The molecule has 120 valence electrons. The fourth-order valence-corrected chi connectivity index (χ4v) is 1.95. The van der Waals surface area contributed by atoms with Crippen molar-refractivity contribution in [2.75, 3.05) is 11.9 Å². The van der Waals surface area contributed by atoms with Crippen molar-refractivity contribution in [3.8, 4) is 0 Å². The predicted molar refractivity (Wildman–Crippen MR) is 83.5 cm³/mol. The molecule has 0 saturated heterocycles. The maximum atomic E-state index is 13.4. The Balaban J connectivity index is 1.83. The largest absolute Gasteiger partial charge is 0.337 e. The molecule has 0 bridgehead atoms. The minimum Gasteiger partial charge on any atom is -0.337 e. The third kappa shape index (κ3) is 4.60. The van der Waals surface area contributed by atoms with Gasteiger partial charge in [-0.05, 0) is 19.1 Å². The lowest BCUT2D eigenvalue weighted by atomic mass is 10.1. The molecule has 2 aromatic rings. The number of rotatable bonds is 5. The van der Waals surface area contributed by atoms with Gasteiger partial charge in [0, 0.05) is 18.5 Å². The number of carbonyl (C=O) groups excluding carboxylic acids is 2. The molecule has 0 unspecified atom stereocenters. The van der Waals surface area contributed by atoms with Crippen molar-refractivity contribution in [3.05, 3.63) is 65.2 Å². The molecule has 0 aliphatic rings. The molecule has 0 radical (unpaired) electrons. The molecule has 0 aromatic heterocycles.